The number of nitrogens with zero attached hydrogens (tertiary/aromatic N) is 6. The lowest BCUT2D eigenvalue weighted by Crippen LogP contribution is -2.38. The van der Waals surface area contributed by atoms with Crippen LogP contribution in [0.5, 0.6) is 0 Å². The van der Waals surface area contributed by atoms with Gasteiger partial charge in [-0.1, -0.05) is 11.6 Å². The number of pyridine rings is 1. The third-order valence-electron chi connectivity index (χ3n) is 5.49. The van der Waals surface area contributed by atoms with E-state index in [1.807, 2.05) is 11.6 Å². The summed E-state index contributed by atoms with van der Waals surface area (Å²) in [5.74, 6) is -0.00568. The highest BCUT2D eigenvalue weighted by molar-refractivity contribution is 7.15. The number of imidazole rings is 1. The van der Waals surface area contributed by atoms with E-state index in [0.717, 1.165) is 17.2 Å². The number of thiazole rings is 1. The molecule has 0 spiro atoms. The van der Waals surface area contributed by atoms with Crippen LogP contribution in [0.3, 0.4) is 0 Å². The van der Waals surface area contributed by atoms with Crippen molar-refractivity contribution < 1.29 is 18.0 Å². The van der Waals surface area contributed by atoms with Gasteiger partial charge in [-0.3, -0.25) is 13.6 Å². The highest BCUT2D eigenvalue weighted by Gasteiger charge is 2.32. The van der Waals surface area contributed by atoms with Crippen LogP contribution < -0.4 is 0 Å². The number of amides is 1. The smallest absolute Gasteiger partial charge is 0.338 e. The molecule has 4 aromatic rings. The Morgan fingerprint density at radius 1 is 1.25 bits per heavy atom. The lowest BCUT2D eigenvalue weighted by atomic mass is 9.97. The van der Waals surface area contributed by atoms with Crippen LogP contribution in [0.15, 0.2) is 36.0 Å². The molecular formula is C20H16ClF3N6OS. The first-order valence-corrected chi connectivity index (χ1v) is 11.1. The summed E-state index contributed by atoms with van der Waals surface area (Å²) in [4.78, 5) is 19.5. The second-order valence-electron chi connectivity index (χ2n) is 7.50. The molecule has 1 saturated heterocycles. The van der Waals surface area contributed by atoms with Crippen LogP contribution in [0, 0.1) is 0 Å². The predicted molar refractivity (Wildman–Crippen MR) is 114 cm³/mol. The predicted octanol–water partition coefficient (Wildman–Crippen LogP) is 4.53. The van der Waals surface area contributed by atoms with E-state index in [-0.39, 0.29) is 11.8 Å². The highest BCUT2D eigenvalue weighted by atomic mass is 35.5. The van der Waals surface area contributed by atoms with Gasteiger partial charge < -0.3 is 4.90 Å². The molecule has 0 saturated carbocycles. The zero-order valence-electron chi connectivity index (χ0n) is 16.5. The number of hydrogen-bond acceptors (Lipinski definition) is 5. The number of piperidine rings is 1. The van der Waals surface area contributed by atoms with Crippen LogP contribution in [-0.4, -0.2) is 47.9 Å². The molecule has 12 heteroatoms. The quantitative estimate of drug-likeness (QED) is 0.404. The fourth-order valence-corrected chi connectivity index (χ4v) is 4.93. The van der Waals surface area contributed by atoms with Crippen LogP contribution in [0.25, 0.3) is 16.7 Å². The van der Waals surface area contributed by atoms with E-state index in [9.17, 15) is 18.0 Å². The lowest BCUT2D eigenvalue weighted by molar-refractivity contribution is -0.137. The maximum absolute atomic E-state index is 13.1. The van der Waals surface area contributed by atoms with Crippen molar-refractivity contribution in [3.8, 4) is 0 Å². The number of aromatic nitrogens is 5. The van der Waals surface area contributed by atoms with Crippen molar-refractivity contribution >= 4 is 45.5 Å². The van der Waals surface area contributed by atoms with Gasteiger partial charge in [0, 0.05) is 42.9 Å². The molecule has 0 radical (unpaired) electrons. The van der Waals surface area contributed by atoms with Crippen LogP contribution in [0.1, 0.15) is 35.8 Å². The van der Waals surface area contributed by atoms with Crippen molar-refractivity contribution in [2.24, 2.45) is 0 Å². The summed E-state index contributed by atoms with van der Waals surface area (Å²) in [5.41, 5.74) is 0.189. The fourth-order valence-electron chi connectivity index (χ4n) is 3.92. The van der Waals surface area contributed by atoms with E-state index in [4.69, 9.17) is 11.6 Å². The second-order valence-corrected chi connectivity index (χ2v) is 8.73. The van der Waals surface area contributed by atoms with Crippen molar-refractivity contribution in [3.63, 3.8) is 0 Å². The van der Waals surface area contributed by atoms with E-state index in [0.29, 0.717) is 48.2 Å². The van der Waals surface area contributed by atoms with Crippen molar-refractivity contribution in [3.05, 3.63) is 58.2 Å². The number of alkyl halides is 3. The van der Waals surface area contributed by atoms with E-state index >= 15 is 0 Å². The Balaban J connectivity index is 1.37. The van der Waals surface area contributed by atoms with Crippen molar-refractivity contribution in [1.29, 1.82) is 0 Å². The van der Waals surface area contributed by atoms with E-state index in [1.165, 1.54) is 27.9 Å². The normalized spacial score (nSPS) is 17.8. The third-order valence-corrected chi connectivity index (χ3v) is 6.53. The summed E-state index contributed by atoms with van der Waals surface area (Å²) in [6.07, 6.45) is 2.86. The first-order chi connectivity index (χ1) is 15.3. The van der Waals surface area contributed by atoms with Gasteiger partial charge in [-0.05, 0) is 31.1 Å². The van der Waals surface area contributed by atoms with Crippen molar-refractivity contribution in [2.45, 2.75) is 24.9 Å². The Kier molecular flexibility index (Phi) is 5.17. The Morgan fingerprint density at radius 3 is 2.91 bits per heavy atom. The van der Waals surface area contributed by atoms with Crippen molar-refractivity contribution in [2.75, 3.05) is 13.1 Å². The van der Waals surface area contributed by atoms with Gasteiger partial charge in [-0.25, -0.2) is 4.98 Å². The molecule has 0 aromatic carbocycles. The Morgan fingerprint density at radius 2 is 2.09 bits per heavy atom. The maximum atomic E-state index is 13.1. The summed E-state index contributed by atoms with van der Waals surface area (Å²) >= 11 is 7.61. The van der Waals surface area contributed by atoms with Gasteiger partial charge >= 0.3 is 6.18 Å². The molecule has 0 bridgehead atoms. The van der Waals surface area contributed by atoms with Crippen LogP contribution in [-0.2, 0) is 11.0 Å². The average Bonchev–Trinajstić information content (AvgIpc) is 3.46. The molecule has 1 aliphatic rings. The summed E-state index contributed by atoms with van der Waals surface area (Å²) < 4.78 is 42.6. The van der Waals surface area contributed by atoms with Gasteiger partial charge in [0.1, 0.15) is 5.82 Å². The van der Waals surface area contributed by atoms with Crippen molar-refractivity contribution in [1.82, 2.24) is 28.9 Å². The fraction of sp³-hybridized carbons (Fsp3) is 0.300. The monoisotopic (exact) mass is 480 g/mol. The van der Waals surface area contributed by atoms with Gasteiger partial charge in [0.25, 0.3) is 0 Å². The zero-order valence-corrected chi connectivity index (χ0v) is 18.0. The molecule has 0 N–H and O–H groups in total. The molecule has 7 nitrogen and oxygen atoms in total. The molecule has 4 aromatic heterocycles. The van der Waals surface area contributed by atoms with Gasteiger partial charge in [-0.2, -0.15) is 13.2 Å². The number of carbonyl (C=O) groups is 1. The minimum atomic E-state index is -4.46. The largest absolute Gasteiger partial charge is 0.417 e. The van der Waals surface area contributed by atoms with Crippen LogP contribution in [0.2, 0.25) is 5.15 Å². The Bertz CT molecular complexity index is 1340. The van der Waals surface area contributed by atoms with Gasteiger partial charge in [0.05, 0.1) is 11.3 Å². The molecule has 166 valence electrons. The minimum absolute atomic E-state index is 0.208. The summed E-state index contributed by atoms with van der Waals surface area (Å²) in [6.45, 7) is 0.895. The molecule has 1 fully saturated rings. The molecule has 1 unspecified atom stereocenters. The first kappa shape index (κ1) is 21.0. The number of halogens is 4. The molecule has 1 amide bonds. The van der Waals surface area contributed by atoms with Gasteiger partial charge in [0.15, 0.2) is 15.8 Å². The van der Waals surface area contributed by atoms with Gasteiger partial charge in [0.2, 0.25) is 5.91 Å². The summed E-state index contributed by atoms with van der Waals surface area (Å²) in [7, 11) is 0. The maximum Gasteiger partial charge on any atom is 0.417 e. The molecular weight excluding hydrogens is 465 g/mol. The standard InChI is InChI=1S/C20H16ClF3N6OS/c21-17-14(29-8-9-32-19(29)25-17)4-6-16(31)28-7-1-2-12(10-28)18-27-26-15-5-3-13(11-30(15)18)20(22,23)24/h3-6,8-9,11-12H,1-2,7,10H2/b6-4+. The molecule has 5 rings (SSSR count). The third kappa shape index (κ3) is 3.75. The molecule has 1 atom stereocenters. The average molecular weight is 481 g/mol. The molecule has 5 heterocycles. The molecule has 32 heavy (non-hydrogen) atoms. The Labute approximate surface area is 188 Å². The van der Waals surface area contributed by atoms with E-state index in [1.54, 1.807) is 15.4 Å². The highest BCUT2D eigenvalue weighted by Crippen LogP contribution is 2.31. The van der Waals surface area contributed by atoms with E-state index < -0.39 is 11.7 Å². The summed E-state index contributed by atoms with van der Waals surface area (Å²) in [6, 6.07) is 2.29. The van der Waals surface area contributed by atoms with Crippen LogP contribution in [0.4, 0.5) is 13.2 Å². The molecule has 0 aliphatic carbocycles. The number of likely N-dealkylation sites (tertiary alicyclic amines) is 1. The number of rotatable bonds is 3. The SMILES string of the molecule is O=C(/C=C/c1c(Cl)nc2sccn12)N1CCCC(c2nnc3ccc(C(F)(F)F)cn23)C1. The van der Waals surface area contributed by atoms with Gasteiger partial charge in [-0.15, -0.1) is 21.5 Å². The Hall–Kier alpha value is -2.92. The number of fused-ring (bicyclic) bond motifs is 2. The zero-order chi connectivity index (χ0) is 22.5. The number of carbonyl (C=O) groups excluding carboxylic acids is 1. The van der Waals surface area contributed by atoms with E-state index in [2.05, 4.69) is 15.2 Å². The second kappa shape index (κ2) is 7.89. The molecule has 1 aliphatic heterocycles. The first-order valence-electron chi connectivity index (χ1n) is 9.81. The van der Waals surface area contributed by atoms with Crippen LogP contribution >= 0.6 is 22.9 Å². The number of hydrogen-bond donors (Lipinski definition) is 0. The lowest BCUT2D eigenvalue weighted by Gasteiger charge is -2.31. The topological polar surface area (TPSA) is 67.8 Å². The minimum Gasteiger partial charge on any atom is -0.338 e. The summed E-state index contributed by atoms with van der Waals surface area (Å²) in [5, 5.41) is 10.3.